The van der Waals surface area contributed by atoms with Gasteiger partial charge < -0.3 is 9.47 Å². The first-order valence-electron chi connectivity index (χ1n) is 5.74. The van der Waals surface area contributed by atoms with Crippen LogP contribution in [0.4, 0.5) is 0 Å². The number of rotatable bonds is 10. The van der Waals surface area contributed by atoms with Crippen molar-refractivity contribution in [1.82, 2.24) is 0 Å². The van der Waals surface area contributed by atoms with Crippen LogP contribution in [0.15, 0.2) is 0 Å². The van der Waals surface area contributed by atoms with Crippen LogP contribution >= 0.6 is 0 Å². The van der Waals surface area contributed by atoms with Crippen molar-refractivity contribution in [2.24, 2.45) is 0 Å². The van der Waals surface area contributed by atoms with Gasteiger partial charge in [0.25, 0.3) is 0 Å². The van der Waals surface area contributed by atoms with Gasteiger partial charge in [-0.15, -0.1) is 0 Å². The zero-order valence-corrected chi connectivity index (χ0v) is 9.76. The second-order valence-corrected chi connectivity index (χ2v) is 3.56. The van der Waals surface area contributed by atoms with Gasteiger partial charge in [0.2, 0.25) is 0 Å². The summed E-state index contributed by atoms with van der Waals surface area (Å²) < 4.78 is 10.5. The van der Waals surface area contributed by atoms with Gasteiger partial charge in [0.15, 0.2) is 0 Å². The molecule has 1 unspecified atom stereocenters. The maximum Gasteiger partial charge on any atom is 0.0575 e. The molecule has 0 aliphatic rings. The predicted molar refractivity (Wildman–Crippen MR) is 60.3 cm³/mol. The van der Waals surface area contributed by atoms with E-state index in [-0.39, 0.29) is 0 Å². The molecule has 2 nitrogen and oxygen atoms in total. The standard InChI is InChI=1S/C12H25O2/c1-4-12(14-5-2)10-8-6-7-9-11-13-3/h12H,1,4-11H2,2-3H3. The first kappa shape index (κ1) is 13.9. The highest BCUT2D eigenvalue weighted by atomic mass is 16.5. The average Bonchev–Trinajstić information content (AvgIpc) is 2.21. The summed E-state index contributed by atoms with van der Waals surface area (Å²) >= 11 is 0. The topological polar surface area (TPSA) is 18.5 Å². The van der Waals surface area contributed by atoms with E-state index in [1.165, 1.54) is 25.7 Å². The second kappa shape index (κ2) is 11.0. The van der Waals surface area contributed by atoms with Gasteiger partial charge in [0.05, 0.1) is 6.10 Å². The fourth-order valence-electron chi connectivity index (χ4n) is 1.52. The van der Waals surface area contributed by atoms with Crippen LogP contribution in [0.1, 0.15) is 45.4 Å². The van der Waals surface area contributed by atoms with Crippen LogP contribution in [-0.2, 0) is 9.47 Å². The Balaban J connectivity index is 3.15. The number of methoxy groups -OCH3 is 1. The van der Waals surface area contributed by atoms with Crippen molar-refractivity contribution in [3.63, 3.8) is 0 Å². The van der Waals surface area contributed by atoms with Crippen LogP contribution in [0, 0.1) is 6.92 Å². The summed E-state index contributed by atoms with van der Waals surface area (Å²) in [6.45, 7) is 7.63. The summed E-state index contributed by atoms with van der Waals surface area (Å²) in [6.07, 6.45) is 7.42. The fourth-order valence-corrected chi connectivity index (χ4v) is 1.52. The van der Waals surface area contributed by atoms with Crippen molar-refractivity contribution in [3.05, 3.63) is 6.92 Å². The summed E-state index contributed by atoms with van der Waals surface area (Å²) in [5, 5.41) is 0. The van der Waals surface area contributed by atoms with Gasteiger partial charge in [-0.2, -0.15) is 0 Å². The molecule has 0 N–H and O–H groups in total. The Kier molecular flexibility index (Phi) is 10.9. The molecular formula is C12H25O2. The van der Waals surface area contributed by atoms with Crippen LogP contribution < -0.4 is 0 Å². The third kappa shape index (κ3) is 8.52. The summed E-state index contributed by atoms with van der Waals surface area (Å²) in [5.74, 6) is 0. The van der Waals surface area contributed by atoms with Gasteiger partial charge in [0, 0.05) is 20.3 Å². The molecule has 0 saturated carbocycles. The molecular weight excluding hydrogens is 176 g/mol. The maximum absolute atomic E-state index is 5.53. The molecule has 0 aliphatic carbocycles. The summed E-state index contributed by atoms with van der Waals surface area (Å²) in [7, 11) is 1.76. The van der Waals surface area contributed by atoms with Crippen LogP contribution in [-0.4, -0.2) is 26.4 Å². The molecule has 14 heavy (non-hydrogen) atoms. The van der Waals surface area contributed by atoms with Crippen molar-refractivity contribution in [2.75, 3.05) is 20.3 Å². The number of unbranched alkanes of at least 4 members (excludes halogenated alkanes) is 3. The van der Waals surface area contributed by atoms with Gasteiger partial charge >= 0.3 is 0 Å². The van der Waals surface area contributed by atoms with E-state index < -0.39 is 0 Å². The Morgan fingerprint density at radius 2 is 1.86 bits per heavy atom. The molecule has 0 aromatic carbocycles. The molecule has 0 heterocycles. The minimum Gasteiger partial charge on any atom is -0.385 e. The van der Waals surface area contributed by atoms with Crippen molar-refractivity contribution in [1.29, 1.82) is 0 Å². The van der Waals surface area contributed by atoms with E-state index in [2.05, 4.69) is 6.92 Å². The number of ether oxygens (including phenoxy) is 2. The quantitative estimate of drug-likeness (QED) is 0.505. The highest BCUT2D eigenvalue weighted by molar-refractivity contribution is 4.59. The molecule has 1 atom stereocenters. The fraction of sp³-hybridized carbons (Fsp3) is 0.917. The van der Waals surface area contributed by atoms with E-state index in [4.69, 9.17) is 9.47 Å². The highest BCUT2D eigenvalue weighted by Gasteiger charge is 2.04. The molecule has 0 saturated heterocycles. The average molecular weight is 201 g/mol. The van der Waals surface area contributed by atoms with E-state index in [1.54, 1.807) is 7.11 Å². The molecule has 0 fully saturated rings. The zero-order valence-electron chi connectivity index (χ0n) is 9.76. The molecule has 0 rings (SSSR count). The Morgan fingerprint density at radius 3 is 2.43 bits per heavy atom. The monoisotopic (exact) mass is 201 g/mol. The third-order valence-corrected chi connectivity index (χ3v) is 2.35. The lowest BCUT2D eigenvalue weighted by Crippen LogP contribution is -2.11. The van der Waals surface area contributed by atoms with E-state index >= 15 is 0 Å². The second-order valence-electron chi connectivity index (χ2n) is 3.56. The molecule has 85 valence electrons. The molecule has 0 aromatic heterocycles. The van der Waals surface area contributed by atoms with Crippen molar-refractivity contribution in [2.45, 2.75) is 51.6 Å². The first-order chi connectivity index (χ1) is 6.85. The van der Waals surface area contributed by atoms with Gasteiger partial charge in [-0.25, -0.2) is 0 Å². The molecule has 0 bridgehead atoms. The van der Waals surface area contributed by atoms with Crippen LogP contribution in [0.3, 0.4) is 0 Å². The largest absolute Gasteiger partial charge is 0.385 e. The van der Waals surface area contributed by atoms with Crippen LogP contribution in [0.2, 0.25) is 0 Å². The van der Waals surface area contributed by atoms with E-state index in [0.717, 1.165) is 26.1 Å². The molecule has 0 amide bonds. The van der Waals surface area contributed by atoms with Gasteiger partial charge in [-0.1, -0.05) is 26.2 Å². The summed E-state index contributed by atoms with van der Waals surface area (Å²) in [4.78, 5) is 0. The Hall–Kier alpha value is -0.0800. The van der Waals surface area contributed by atoms with Crippen LogP contribution in [0.5, 0.6) is 0 Å². The first-order valence-corrected chi connectivity index (χ1v) is 5.74. The molecule has 0 aromatic rings. The predicted octanol–water partition coefficient (Wildman–Crippen LogP) is 3.21. The minimum atomic E-state index is 0.377. The van der Waals surface area contributed by atoms with Crippen molar-refractivity contribution in [3.8, 4) is 0 Å². The molecule has 0 aliphatic heterocycles. The molecule has 1 radical (unpaired) electrons. The van der Waals surface area contributed by atoms with Gasteiger partial charge in [-0.05, 0) is 26.2 Å². The van der Waals surface area contributed by atoms with E-state index in [0.29, 0.717) is 6.10 Å². The highest BCUT2D eigenvalue weighted by Crippen LogP contribution is 2.10. The zero-order chi connectivity index (χ0) is 10.6. The molecule has 2 heteroatoms. The SMILES string of the molecule is [CH2]CC(CCCCCCOC)OCC. The Labute approximate surface area is 89.0 Å². The Morgan fingerprint density at radius 1 is 1.14 bits per heavy atom. The van der Waals surface area contributed by atoms with Crippen molar-refractivity contribution < 1.29 is 9.47 Å². The van der Waals surface area contributed by atoms with Gasteiger partial charge in [-0.3, -0.25) is 0 Å². The van der Waals surface area contributed by atoms with E-state index in [9.17, 15) is 0 Å². The van der Waals surface area contributed by atoms with E-state index in [1.807, 2.05) is 6.92 Å². The lowest BCUT2D eigenvalue weighted by molar-refractivity contribution is 0.0565. The van der Waals surface area contributed by atoms with Gasteiger partial charge in [0.1, 0.15) is 0 Å². The van der Waals surface area contributed by atoms with Crippen LogP contribution in [0.25, 0.3) is 0 Å². The normalized spacial score (nSPS) is 13.1. The van der Waals surface area contributed by atoms with Crippen molar-refractivity contribution >= 4 is 0 Å². The smallest absolute Gasteiger partial charge is 0.0575 e. The lowest BCUT2D eigenvalue weighted by atomic mass is 10.1. The lowest BCUT2D eigenvalue weighted by Gasteiger charge is -2.14. The summed E-state index contributed by atoms with van der Waals surface area (Å²) in [5.41, 5.74) is 0. The summed E-state index contributed by atoms with van der Waals surface area (Å²) in [6, 6.07) is 0. The number of hydrogen-bond donors (Lipinski definition) is 0. The molecule has 0 spiro atoms. The number of hydrogen-bond acceptors (Lipinski definition) is 2. The maximum atomic E-state index is 5.53. The minimum absolute atomic E-state index is 0.377. The third-order valence-electron chi connectivity index (χ3n) is 2.35. The Bertz CT molecular complexity index is 104.